The highest BCUT2D eigenvalue weighted by molar-refractivity contribution is 5.75. The molecule has 2 aliphatic heterocycles. The maximum atomic E-state index is 13.8. The number of hydrogen-bond acceptors (Lipinski definition) is 4. The summed E-state index contributed by atoms with van der Waals surface area (Å²) < 4.78 is 20.8. The fraction of sp³-hybridized carbons (Fsp3) is 0.444. The summed E-state index contributed by atoms with van der Waals surface area (Å²) in [4.78, 5) is 13.9. The van der Waals surface area contributed by atoms with E-state index in [0.717, 1.165) is 29.2 Å². The molecule has 5 nitrogen and oxygen atoms in total. The highest BCUT2D eigenvalue weighted by Gasteiger charge is 2.43. The second kappa shape index (κ2) is 5.70. The van der Waals surface area contributed by atoms with Crippen LogP contribution >= 0.6 is 0 Å². The molecule has 2 aromatic rings. The number of aromatic nitrogens is 2. The zero-order valence-corrected chi connectivity index (χ0v) is 13.8. The summed E-state index contributed by atoms with van der Waals surface area (Å²) in [6.07, 6.45) is 0. The first-order valence-corrected chi connectivity index (χ1v) is 8.22. The molecule has 0 aliphatic carbocycles. The number of carbonyl (C=O) groups excluding carboxylic acids is 1. The maximum absolute atomic E-state index is 13.8. The van der Waals surface area contributed by atoms with E-state index < -0.39 is 0 Å². The lowest BCUT2D eigenvalue weighted by Crippen LogP contribution is -2.24. The Hall–Kier alpha value is -2.21. The third-order valence-electron chi connectivity index (χ3n) is 4.93. The average molecular weight is 329 g/mol. The number of benzene rings is 1. The molecule has 0 N–H and O–H groups in total. The zero-order chi connectivity index (χ0) is 16.8. The molecule has 0 spiro atoms. The van der Waals surface area contributed by atoms with E-state index in [1.54, 1.807) is 12.1 Å². The summed E-state index contributed by atoms with van der Waals surface area (Å²) in [6, 6.07) is 6.81. The van der Waals surface area contributed by atoms with Crippen molar-refractivity contribution >= 4 is 5.97 Å². The van der Waals surface area contributed by atoms with Crippen LogP contribution in [-0.4, -0.2) is 40.3 Å². The zero-order valence-electron chi connectivity index (χ0n) is 13.8. The Bertz CT molecular complexity index is 802. The summed E-state index contributed by atoms with van der Waals surface area (Å²) >= 11 is 0. The van der Waals surface area contributed by atoms with Gasteiger partial charge in [-0.2, -0.15) is 5.10 Å². The third-order valence-corrected chi connectivity index (χ3v) is 4.93. The molecular formula is C18H20FN3O2. The lowest BCUT2D eigenvalue weighted by atomic mass is 10.0. The van der Waals surface area contributed by atoms with Gasteiger partial charge in [0.05, 0.1) is 23.9 Å². The summed E-state index contributed by atoms with van der Waals surface area (Å²) in [5.74, 6) is -0.117. The molecule has 2 atom stereocenters. The molecule has 1 aromatic heterocycles. The van der Waals surface area contributed by atoms with E-state index in [2.05, 4.69) is 10.00 Å². The molecule has 0 saturated carbocycles. The molecule has 0 unspecified atom stereocenters. The Morgan fingerprint density at radius 2 is 2.12 bits per heavy atom. The Labute approximate surface area is 140 Å². The van der Waals surface area contributed by atoms with Crippen molar-refractivity contribution in [1.29, 1.82) is 0 Å². The van der Waals surface area contributed by atoms with Gasteiger partial charge in [0.15, 0.2) is 0 Å². The van der Waals surface area contributed by atoms with Crippen molar-refractivity contribution in [3.05, 3.63) is 47.0 Å². The smallest absolute Gasteiger partial charge is 0.310 e. The summed E-state index contributed by atoms with van der Waals surface area (Å²) in [5, 5.41) is 4.52. The third kappa shape index (κ3) is 2.60. The first-order chi connectivity index (χ1) is 11.5. The van der Waals surface area contributed by atoms with Gasteiger partial charge in [0.2, 0.25) is 0 Å². The lowest BCUT2D eigenvalue weighted by Gasteiger charge is -2.19. The van der Waals surface area contributed by atoms with Gasteiger partial charge in [-0.15, -0.1) is 0 Å². The number of ether oxygens (including phenoxy) is 1. The van der Waals surface area contributed by atoms with Gasteiger partial charge in [-0.3, -0.25) is 9.69 Å². The molecule has 6 heteroatoms. The quantitative estimate of drug-likeness (QED) is 0.810. The normalized spacial score (nSPS) is 23.5. The Balaban J connectivity index is 1.62. The second-order valence-corrected chi connectivity index (χ2v) is 6.80. The van der Waals surface area contributed by atoms with Crippen LogP contribution in [0.4, 0.5) is 4.39 Å². The molecular weight excluding hydrogens is 309 g/mol. The van der Waals surface area contributed by atoms with Crippen molar-refractivity contribution in [2.75, 3.05) is 19.7 Å². The standard InChI is InChI=1S/C18H20FN3O2/c1-11-5-12(2)22(20-11)17-4-3-15(19)6-13(17)7-21-8-14-10-24-18(23)16(14)9-21/h3-6,14,16H,7-10H2,1-2H3/t14-,16-/m1/s1. The van der Waals surface area contributed by atoms with E-state index in [9.17, 15) is 9.18 Å². The van der Waals surface area contributed by atoms with Crippen LogP contribution in [0, 0.1) is 31.5 Å². The predicted octanol–water partition coefficient (Wildman–Crippen LogP) is 2.23. The predicted molar refractivity (Wildman–Crippen MR) is 86.2 cm³/mol. The number of nitrogens with zero attached hydrogens (tertiary/aromatic N) is 3. The van der Waals surface area contributed by atoms with Gasteiger partial charge in [0.1, 0.15) is 5.82 Å². The minimum atomic E-state index is -0.255. The van der Waals surface area contributed by atoms with Crippen molar-refractivity contribution < 1.29 is 13.9 Å². The molecule has 0 bridgehead atoms. The van der Waals surface area contributed by atoms with Crippen molar-refractivity contribution in [1.82, 2.24) is 14.7 Å². The number of likely N-dealkylation sites (tertiary alicyclic amines) is 1. The first kappa shape index (κ1) is 15.3. The number of cyclic esters (lactones) is 1. The van der Waals surface area contributed by atoms with Crippen LogP contribution < -0.4 is 0 Å². The molecule has 3 heterocycles. The van der Waals surface area contributed by atoms with Crippen LogP contribution in [0.2, 0.25) is 0 Å². The number of hydrogen-bond donors (Lipinski definition) is 0. The Morgan fingerprint density at radius 1 is 1.29 bits per heavy atom. The Morgan fingerprint density at radius 3 is 2.83 bits per heavy atom. The van der Waals surface area contributed by atoms with E-state index in [1.807, 2.05) is 24.6 Å². The first-order valence-electron chi connectivity index (χ1n) is 8.22. The van der Waals surface area contributed by atoms with Crippen LogP contribution in [0.25, 0.3) is 5.69 Å². The van der Waals surface area contributed by atoms with Crippen LogP contribution in [-0.2, 0) is 16.1 Å². The lowest BCUT2D eigenvalue weighted by molar-refractivity contribution is -0.141. The SMILES string of the molecule is Cc1cc(C)n(-c2ccc(F)cc2CN2C[C@@H]3COC(=O)[C@@H]3C2)n1. The summed E-state index contributed by atoms with van der Waals surface area (Å²) in [5.41, 5.74) is 3.72. The topological polar surface area (TPSA) is 47.4 Å². The van der Waals surface area contributed by atoms with Gasteiger partial charge in [-0.25, -0.2) is 9.07 Å². The largest absolute Gasteiger partial charge is 0.465 e. The van der Waals surface area contributed by atoms with E-state index >= 15 is 0 Å². The maximum Gasteiger partial charge on any atom is 0.310 e. The number of halogens is 1. The van der Waals surface area contributed by atoms with Crippen LogP contribution in [0.5, 0.6) is 0 Å². The molecule has 2 aliphatic rings. The van der Waals surface area contributed by atoms with Gasteiger partial charge < -0.3 is 4.74 Å². The summed E-state index contributed by atoms with van der Waals surface area (Å²) in [7, 11) is 0. The molecule has 126 valence electrons. The fourth-order valence-corrected chi connectivity index (χ4v) is 3.82. The van der Waals surface area contributed by atoms with E-state index in [0.29, 0.717) is 19.7 Å². The minimum absolute atomic E-state index is 0.0318. The van der Waals surface area contributed by atoms with Crippen molar-refractivity contribution in [3.8, 4) is 5.69 Å². The average Bonchev–Trinajstić information content (AvgIpc) is 3.17. The molecule has 1 aromatic carbocycles. The van der Waals surface area contributed by atoms with Gasteiger partial charge >= 0.3 is 5.97 Å². The summed E-state index contributed by atoms with van der Waals surface area (Å²) in [6.45, 7) is 6.53. The van der Waals surface area contributed by atoms with E-state index in [1.165, 1.54) is 6.07 Å². The van der Waals surface area contributed by atoms with Gasteiger partial charge in [0.25, 0.3) is 0 Å². The Kier molecular flexibility index (Phi) is 3.64. The van der Waals surface area contributed by atoms with Crippen LogP contribution in [0.1, 0.15) is 17.0 Å². The number of aryl methyl sites for hydroxylation is 2. The van der Waals surface area contributed by atoms with Crippen molar-refractivity contribution in [3.63, 3.8) is 0 Å². The number of fused-ring (bicyclic) bond motifs is 1. The second-order valence-electron chi connectivity index (χ2n) is 6.80. The highest BCUT2D eigenvalue weighted by Crippen LogP contribution is 2.32. The van der Waals surface area contributed by atoms with E-state index in [4.69, 9.17) is 4.74 Å². The molecule has 4 rings (SSSR count). The highest BCUT2D eigenvalue weighted by atomic mass is 19.1. The van der Waals surface area contributed by atoms with Gasteiger partial charge in [-0.05, 0) is 43.7 Å². The van der Waals surface area contributed by atoms with E-state index in [-0.39, 0.29) is 23.6 Å². The molecule has 2 saturated heterocycles. The minimum Gasteiger partial charge on any atom is -0.465 e. The van der Waals surface area contributed by atoms with Gasteiger partial charge in [0, 0.05) is 31.2 Å². The number of rotatable bonds is 3. The van der Waals surface area contributed by atoms with Crippen LogP contribution in [0.15, 0.2) is 24.3 Å². The van der Waals surface area contributed by atoms with Crippen molar-refractivity contribution in [2.45, 2.75) is 20.4 Å². The molecule has 0 radical (unpaired) electrons. The monoisotopic (exact) mass is 329 g/mol. The number of esters is 1. The van der Waals surface area contributed by atoms with Gasteiger partial charge in [-0.1, -0.05) is 0 Å². The van der Waals surface area contributed by atoms with Crippen LogP contribution in [0.3, 0.4) is 0 Å². The molecule has 0 amide bonds. The fourth-order valence-electron chi connectivity index (χ4n) is 3.82. The van der Waals surface area contributed by atoms with Crippen molar-refractivity contribution in [2.24, 2.45) is 11.8 Å². The molecule has 2 fully saturated rings. The number of carbonyl (C=O) groups is 1. The molecule has 24 heavy (non-hydrogen) atoms.